The zero-order valence-electron chi connectivity index (χ0n) is 10.6. The van der Waals surface area contributed by atoms with Crippen LogP contribution in [-0.4, -0.2) is 22.9 Å². The number of ether oxygens (including phenoxy) is 2. The molecule has 1 aromatic carbocycles. The van der Waals surface area contributed by atoms with Gasteiger partial charge in [-0.05, 0) is 28.2 Å². The second-order valence-corrected chi connectivity index (χ2v) is 4.94. The Bertz CT molecular complexity index is 581. The summed E-state index contributed by atoms with van der Waals surface area (Å²) in [5, 5.41) is 4.18. The third-order valence-electron chi connectivity index (χ3n) is 2.56. The largest absolute Gasteiger partial charge is 0.471 e. The molecule has 0 radical (unpaired) electrons. The predicted octanol–water partition coefficient (Wildman–Crippen LogP) is 2.39. The molecule has 1 aromatic heterocycles. The SMILES string of the molecule is COC(=O)c1c(I)c(OCc2ccccc2)nn1C. The number of nitrogens with zero attached hydrogens (tertiary/aromatic N) is 2. The summed E-state index contributed by atoms with van der Waals surface area (Å²) < 4.78 is 12.5. The Morgan fingerprint density at radius 2 is 2.05 bits per heavy atom. The zero-order valence-corrected chi connectivity index (χ0v) is 12.7. The highest BCUT2D eigenvalue weighted by atomic mass is 127. The summed E-state index contributed by atoms with van der Waals surface area (Å²) in [6.07, 6.45) is 0. The number of carbonyl (C=O) groups is 1. The van der Waals surface area contributed by atoms with Crippen LogP contribution in [0.2, 0.25) is 0 Å². The lowest BCUT2D eigenvalue weighted by Gasteiger charge is -2.03. The minimum Gasteiger partial charge on any atom is -0.471 e. The standard InChI is InChI=1S/C13H13IN2O3/c1-16-11(13(17)18-2)10(14)12(15-16)19-8-9-6-4-3-5-7-9/h3-7H,8H2,1-2H3. The van der Waals surface area contributed by atoms with E-state index < -0.39 is 5.97 Å². The molecule has 0 bridgehead atoms. The van der Waals surface area contributed by atoms with E-state index in [1.165, 1.54) is 11.8 Å². The van der Waals surface area contributed by atoms with E-state index in [0.717, 1.165) is 5.56 Å². The summed E-state index contributed by atoms with van der Waals surface area (Å²) in [6, 6.07) is 9.78. The van der Waals surface area contributed by atoms with Gasteiger partial charge in [-0.15, -0.1) is 5.10 Å². The summed E-state index contributed by atoms with van der Waals surface area (Å²) in [4.78, 5) is 11.6. The molecule has 0 amide bonds. The van der Waals surface area contributed by atoms with Gasteiger partial charge in [0.15, 0.2) is 5.69 Å². The van der Waals surface area contributed by atoms with Gasteiger partial charge in [-0.2, -0.15) is 0 Å². The molecular formula is C13H13IN2O3. The van der Waals surface area contributed by atoms with Crippen molar-refractivity contribution in [3.05, 3.63) is 45.2 Å². The van der Waals surface area contributed by atoms with E-state index in [4.69, 9.17) is 9.47 Å². The van der Waals surface area contributed by atoms with Crippen molar-refractivity contribution in [3.63, 3.8) is 0 Å². The third-order valence-corrected chi connectivity index (χ3v) is 3.53. The van der Waals surface area contributed by atoms with Gasteiger partial charge in [0, 0.05) is 7.05 Å². The molecule has 2 aromatic rings. The van der Waals surface area contributed by atoms with Crippen LogP contribution in [0.25, 0.3) is 0 Å². The van der Waals surface area contributed by atoms with Gasteiger partial charge in [0.2, 0.25) is 5.88 Å². The lowest BCUT2D eigenvalue weighted by Crippen LogP contribution is -2.09. The van der Waals surface area contributed by atoms with Gasteiger partial charge < -0.3 is 9.47 Å². The average molecular weight is 372 g/mol. The van der Waals surface area contributed by atoms with Gasteiger partial charge in [-0.25, -0.2) is 4.79 Å². The lowest BCUT2D eigenvalue weighted by molar-refractivity contribution is 0.0587. The molecule has 0 saturated carbocycles. The first kappa shape index (κ1) is 13.9. The van der Waals surface area contributed by atoms with E-state index in [0.29, 0.717) is 21.8 Å². The van der Waals surface area contributed by atoms with Crippen LogP contribution in [0.4, 0.5) is 0 Å². The van der Waals surface area contributed by atoms with Crippen LogP contribution in [0.1, 0.15) is 16.1 Å². The Kier molecular flexibility index (Phi) is 4.41. The van der Waals surface area contributed by atoms with E-state index in [2.05, 4.69) is 5.10 Å². The zero-order chi connectivity index (χ0) is 13.8. The number of hydrogen-bond acceptors (Lipinski definition) is 4. The van der Waals surface area contributed by atoms with Crippen molar-refractivity contribution in [2.24, 2.45) is 7.05 Å². The van der Waals surface area contributed by atoms with E-state index >= 15 is 0 Å². The topological polar surface area (TPSA) is 53.4 Å². The number of halogens is 1. The quantitative estimate of drug-likeness (QED) is 0.611. The monoisotopic (exact) mass is 372 g/mol. The van der Waals surface area contributed by atoms with Crippen molar-refractivity contribution in [1.29, 1.82) is 0 Å². The Morgan fingerprint density at radius 3 is 2.68 bits per heavy atom. The minimum absolute atomic E-state index is 0.395. The van der Waals surface area contributed by atoms with Crippen LogP contribution in [0.5, 0.6) is 5.88 Å². The van der Waals surface area contributed by atoms with Crippen molar-refractivity contribution < 1.29 is 14.3 Å². The smallest absolute Gasteiger partial charge is 0.357 e. The van der Waals surface area contributed by atoms with Gasteiger partial charge in [0.05, 0.1) is 7.11 Å². The fraction of sp³-hybridized carbons (Fsp3) is 0.231. The number of esters is 1. The van der Waals surface area contributed by atoms with Crippen LogP contribution < -0.4 is 4.74 Å². The molecule has 6 heteroatoms. The van der Waals surface area contributed by atoms with Gasteiger partial charge in [0.25, 0.3) is 0 Å². The summed E-state index contributed by atoms with van der Waals surface area (Å²) in [6.45, 7) is 0.411. The number of aromatic nitrogens is 2. The molecule has 0 aliphatic carbocycles. The molecule has 0 atom stereocenters. The summed E-state index contributed by atoms with van der Waals surface area (Å²) in [7, 11) is 3.03. The predicted molar refractivity (Wildman–Crippen MR) is 78.0 cm³/mol. The minimum atomic E-state index is -0.422. The molecule has 0 aliphatic heterocycles. The molecule has 0 saturated heterocycles. The number of aryl methyl sites for hydroxylation is 1. The first-order valence-corrected chi connectivity index (χ1v) is 6.69. The van der Waals surface area contributed by atoms with Crippen molar-refractivity contribution >= 4 is 28.6 Å². The first-order chi connectivity index (χ1) is 9.13. The average Bonchev–Trinajstić information content (AvgIpc) is 2.71. The van der Waals surface area contributed by atoms with Gasteiger partial charge in [-0.1, -0.05) is 30.3 Å². The number of hydrogen-bond donors (Lipinski definition) is 0. The van der Waals surface area contributed by atoms with Crippen LogP contribution in [0, 0.1) is 3.57 Å². The Hall–Kier alpha value is -1.57. The molecule has 0 spiro atoms. The fourth-order valence-electron chi connectivity index (χ4n) is 1.61. The van der Waals surface area contributed by atoms with Crippen LogP contribution >= 0.6 is 22.6 Å². The molecule has 2 rings (SSSR count). The molecule has 0 fully saturated rings. The van der Waals surface area contributed by atoms with Crippen LogP contribution in [-0.2, 0) is 18.4 Å². The molecule has 100 valence electrons. The first-order valence-electron chi connectivity index (χ1n) is 5.61. The third kappa shape index (κ3) is 3.06. The van der Waals surface area contributed by atoms with E-state index in [1.807, 2.05) is 52.9 Å². The van der Waals surface area contributed by atoms with E-state index in [1.54, 1.807) is 7.05 Å². The van der Waals surface area contributed by atoms with E-state index in [9.17, 15) is 4.79 Å². The number of benzene rings is 1. The second kappa shape index (κ2) is 6.05. The maximum atomic E-state index is 11.6. The van der Waals surface area contributed by atoms with Gasteiger partial charge in [0.1, 0.15) is 10.2 Å². The maximum absolute atomic E-state index is 11.6. The van der Waals surface area contributed by atoms with E-state index in [-0.39, 0.29) is 0 Å². The number of rotatable bonds is 4. The molecule has 0 unspecified atom stereocenters. The molecule has 5 nitrogen and oxygen atoms in total. The summed E-state index contributed by atoms with van der Waals surface area (Å²) >= 11 is 2.03. The van der Waals surface area contributed by atoms with Crippen molar-refractivity contribution in [2.75, 3.05) is 7.11 Å². The molecular weight excluding hydrogens is 359 g/mol. The van der Waals surface area contributed by atoms with Crippen molar-refractivity contribution in [3.8, 4) is 5.88 Å². The van der Waals surface area contributed by atoms with Crippen LogP contribution in [0.15, 0.2) is 30.3 Å². The fourth-order valence-corrected chi connectivity index (χ4v) is 2.44. The highest BCUT2D eigenvalue weighted by Gasteiger charge is 2.21. The Balaban J connectivity index is 2.16. The maximum Gasteiger partial charge on any atom is 0.357 e. The highest BCUT2D eigenvalue weighted by molar-refractivity contribution is 14.1. The Labute approximate surface area is 124 Å². The van der Waals surface area contributed by atoms with Crippen molar-refractivity contribution in [2.45, 2.75) is 6.61 Å². The summed E-state index contributed by atoms with van der Waals surface area (Å²) in [5.74, 6) is 0.0151. The van der Waals surface area contributed by atoms with Crippen molar-refractivity contribution in [1.82, 2.24) is 9.78 Å². The van der Waals surface area contributed by atoms with Gasteiger partial charge >= 0.3 is 5.97 Å². The normalized spacial score (nSPS) is 10.3. The Morgan fingerprint density at radius 1 is 1.37 bits per heavy atom. The lowest BCUT2D eigenvalue weighted by atomic mass is 10.2. The molecule has 0 N–H and O–H groups in total. The number of methoxy groups -OCH3 is 1. The highest BCUT2D eigenvalue weighted by Crippen LogP contribution is 2.24. The van der Waals surface area contributed by atoms with Crippen LogP contribution in [0.3, 0.4) is 0 Å². The molecule has 19 heavy (non-hydrogen) atoms. The second-order valence-electron chi connectivity index (χ2n) is 3.86. The molecule has 0 aliphatic rings. The van der Waals surface area contributed by atoms with Gasteiger partial charge in [-0.3, -0.25) is 4.68 Å². The molecule has 1 heterocycles. The number of carbonyl (C=O) groups excluding carboxylic acids is 1. The summed E-state index contributed by atoms with van der Waals surface area (Å²) in [5.41, 5.74) is 1.44.